The Morgan fingerprint density at radius 2 is 1.87 bits per heavy atom. The molecule has 0 radical (unpaired) electrons. The van der Waals surface area contributed by atoms with E-state index in [-0.39, 0.29) is 11.7 Å². The number of benzene rings is 1. The summed E-state index contributed by atoms with van der Waals surface area (Å²) in [5.41, 5.74) is 0.778. The smallest absolute Gasteiger partial charge is 0.277 e. The Bertz CT molecular complexity index is 675. The summed E-state index contributed by atoms with van der Waals surface area (Å²) in [7, 11) is 0. The van der Waals surface area contributed by atoms with Crippen molar-refractivity contribution in [3.63, 3.8) is 0 Å². The number of carbonyl (C=O) groups excluding carboxylic acids is 1. The molecule has 0 aliphatic rings. The molecule has 2 rings (SSSR count). The van der Waals surface area contributed by atoms with Crippen molar-refractivity contribution >= 4 is 29.3 Å². The molecule has 0 N–H and O–H groups in total. The van der Waals surface area contributed by atoms with Crippen LogP contribution in [0.25, 0.3) is 11.5 Å². The summed E-state index contributed by atoms with van der Waals surface area (Å²) in [5.74, 6) is 0.566. The van der Waals surface area contributed by atoms with Gasteiger partial charge in [-0.1, -0.05) is 35.5 Å². The third-order valence-corrected chi connectivity index (χ3v) is 3.92. The van der Waals surface area contributed by atoms with Crippen LogP contribution in [0.15, 0.2) is 59.2 Å². The fraction of sp³-hybridized carbons (Fsp3) is 0.188. The number of thioether (sulfide) groups is 1. The fourth-order valence-corrected chi connectivity index (χ4v) is 2.57. The van der Waals surface area contributed by atoms with Crippen molar-refractivity contribution in [3.8, 4) is 11.5 Å². The largest absolute Gasteiger partial charge is 0.411 e. The van der Waals surface area contributed by atoms with Gasteiger partial charge in [-0.15, -0.1) is 23.4 Å². The molecule has 2 aromatic rings. The number of halogens is 1. The summed E-state index contributed by atoms with van der Waals surface area (Å²) in [4.78, 5) is 13.8. The molecule has 0 aliphatic heterocycles. The topological polar surface area (TPSA) is 59.2 Å². The predicted molar refractivity (Wildman–Crippen MR) is 92.4 cm³/mol. The van der Waals surface area contributed by atoms with E-state index in [0.717, 1.165) is 5.56 Å². The molecular formula is C16H16ClN3O2S. The summed E-state index contributed by atoms with van der Waals surface area (Å²) < 4.78 is 5.55. The van der Waals surface area contributed by atoms with Crippen molar-refractivity contribution in [2.24, 2.45) is 0 Å². The molecule has 0 aliphatic carbocycles. The number of aromatic nitrogens is 2. The lowest BCUT2D eigenvalue weighted by Gasteiger charge is -2.18. The first-order chi connectivity index (χ1) is 11.1. The zero-order valence-electron chi connectivity index (χ0n) is 12.4. The van der Waals surface area contributed by atoms with E-state index in [1.807, 2.05) is 0 Å². The third kappa shape index (κ3) is 4.97. The van der Waals surface area contributed by atoms with Gasteiger partial charge in [0, 0.05) is 23.7 Å². The molecule has 23 heavy (non-hydrogen) atoms. The number of hydrogen-bond acceptors (Lipinski definition) is 5. The second kappa shape index (κ2) is 8.55. The van der Waals surface area contributed by atoms with E-state index in [9.17, 15) is 4.79 Å². The van der Waals surface area contributed by atoms with E-state index < -0.39 is 0 Å². The minimum atomic E-state index is -0.0407. The van der Waals surface area contributed by atoms with Crippen LogP contribution in [0.1, 0.15) is 0 Å². The standard InChI is InChI=1S/C16H16ClN3O2S/c1-3-9-20(10-4-2)14(21)11-23-16-19-18-15(22-16)12-5-7-13(17)8-6-12/h3-8H,1-2,9-11H2. The highest BCUT2D eigenvalue weighted by molar-refractivity contribution is 7.99. The Morgan fingerprint density at radius 3 is 2.48 bits per heavy atom. The van der Waals surface area contributed by atoms with Gasteiger partial charge in [0.05, 0.1) is 5.75 Å². The Hall–Kier alpha value is -2.05. The van der Waals surface area contributed by atoms with Crippen LogP contribution in [0.2, 0.25) is 5.02 Å². The van der Waals surface area contributed by atoms with E-state index in [1.165, 1.54) is 11.8 Å². The first kappa shape index (κ1) is 17.3. The maximum Gasteiger partial charge on any atom is 0.277 e. The lowest BCUT2D eigenvalue weighted by atomic mass is 10.2. The Morgan fingerprint density at radius 1 is 1.22 bits per heavy atom. The van der Waals surface area contributed by atoms with Crippen molar-refractivity contribution in [3.05, 3.63) is 54.6 Å². The van der Waals surface area contributed by atoms with E-state index in [4.69, 9.17) is 16.0 Å². The summed E-state index contributed by atoms with van der Waals surface area (Å²) >= 11 is 7.04. The maximum absolute atomic E-state index is 12.1. The molecular weight excluding hydrogens is 334 g/mol. The molecule has 1 amide bonds. The van der Waals surface area contributed by atoms with Gasteiger partial charge in [0.15, 0.2) is 0 Å². The lowest BCUT2D eigenvalue weighted by molar-refractivity contribution is -0.127. The van der Waals surface area contributed by atoms with Gasteiger partial charge >= 0.3 is 0 Å². The van der Waals surface area contributed by atoms with Gasteiger partial charge in [-0.05, 0) is 24.3 Å². The van der Waals surface area contributed by atoms with Crippen LogP contribution in [0.3, 0.4) is 0 Å². The van der Waals surface area contributed by atoms with Crippen molar-refractivity contribution in [2.45, 2.75) is 5.22 Å². The van der Waals surface area contributed by atoms with Crippen LogP contribution < -0.4 is 0 Å². The average Bonchev–Trinajstić information content (AvgIpc) is 3.02. The zero-order valence-corrected chi connectivity index (χ0v) is 14.0. The minimum absolute atomic E-state index is 0.0407. The Balaban J connectivity index is 1.96. The lowest BCUT2D eigenvalue weighted by Crippen LogP contribution is -2.32. The van der Waals surface area contributed by atoms with Crippen LogP contribution in [0, 0.1) is 0 Å². The molecule has 0 saturated carbocycles. The molecule has 0 unspecified atom stereocenters. The third-order valence-electron chi connectivity index (χ3n) is 2.87. The highest BCUT2D eigenvalue weighted by atomic mass is 35.5. The molecule has 1 aromatic carbocycles. The molecule has 1 aromatic heterocycles. The minimum Gasteiger partial charge on any atom is -0.411 e. The molecule has 0 fully saturated rings. The summed E-state index contributed by atoms with van der Waals surface area (Å²) in [6.45, 7) is 8.24. The quantitative estimate of drug-likeness (QED) is 0.537. The number of nitrogens with zero attached hydrogens (tertiary/aromatic N) is 3. The van der Waals surface area contributed by atoms with Crippen LogP contribution >= 0.6 is 23.4 Å². The summed E-state index contributed by atoms with van der Waals surface area (Å²) in [6, 6.07) is 7.09. The van der Waals surface area contributed by atoms with Crippen molar-refractivity contribution in [1.82, 2.24) is 15.1 Å². The van der Waals surface area contributed by atoms with Gasteiger partial charge in [-0.3, -0.25) is 4.79 Å². The first-order valence-electron chi connectivity index (χ1n) is 6.86. The molecule has 0 spiro atoms. The van der Waals surface area contributed by atoms with Crippen LogP contribution in [-0.4, -0.2) is 39.8 Å². The molecule has 1 heterocycles. The summed E-state index contributed by atoms with van der Waals surface area (Å²) in [5, 5.41) is 8.90. The maximum atomic E-state index is 12.1. The van der Waals surface area contributed by atoms with E-state index >= 15 is 0 Å². The first-order valence-corrected chi connectivity index (χ1v) is 8.22. The number of hydrogen-bond donors (Lipinski definition) is 0. The molecule has 0 bridgehead atoms. The van der Waals surface area contributed by atoms with Gasteiger partial charge in [0.25, 0.3) is 5.22 Å². The van der Waals surface area contributed by atoms with Gasteiger partial charge in [-0.25, -0.2) is 0 Å². The van der Waals surface area contributed by atoms with Crippen LogP contribution in [0.5, 0.6) is 0 Å². The van der Waals surface area contributed by atoms with Crippen molar-refractivity contribution < 1.29 is 9.21 Å². The van der Waals surface area contributed by atoms with E-state index in [2.05, 4.69) is 23.4 Å². The highest BCUT2D eigenvalue weighted by Gasteiger charge is 2.14. The SMILES string of the molecule is C=CCN(CC=C)C(=O)CSc1nnc(-c2ccc(Cl)cc2)o1. The van der Waals surface area contributed by atoms with E-state index in [0.29, 0.717) is 29.2 Å². The van der Waals surface area contributed by atoms with Gasteiger partial charge in [0.1, 0.15) is 0 Å². The molecule has 120 valence electrons. The van der Waals surface area contributed by atoms with Crippen molar-refractivity contribution in [2.75, 3.05) is 18.8 Å². The Labute approximate surface area is 144 Å². The highest BCUT2D eigenvalue weighted by Crippen LogP contribution is 2.24. The van der Waals surface area contributed by atoms with Gasteiger partial charge < -0.3 is 9.32 Å². The second-order valence-electron chi connectivity index (χ2n) is 4.54. The predicted octanol–water partition coefficient (Wildman–Crippen LogP) is 3.68. The fourth-order valence-electron chi connectivity index (χ4n) is 1.78. The monoisotopic (exact) mass is 349 g/mol. The number of rotatable bonds is 8. The van der Waals surface area contributed by atoms with E-state index in [1.54, 1.807) is 41.3 Å². The van der Waals surface area contributed by atoms with Gasteiger partial charge in [-0.2, -0.15) is 0 Å². The van der Waals surface area contributed by atoms with Crippen LogP contribution in [-0.2, 0) is 4.79 Å². The van der Waals surface area contributed by atoms with Crippen LogP contribution in [0.4, 0.5) is 0 Å². The second-order valence-corrected chi connectivity index (χ2v) is 5.91. The Kier molecular flexibility index (Phi) is 6.43. The van der Waals surface area contributed by atoms with Crippen molar-refractivity contribution in [1.29, 1.82) is 0 Å². The molecule has 0 atom stereocenters. The number of carbonyl (C=O) groups is 1. The normalized spacial score (nSPS) is 10.3. The molecule has 7 heteroatoms. The zero-order chi connectivity index (χ0) is 16.7. The molecule has 0 saturated heterocycles. The number of amides is 1. The summed E-state index contributed by atoms with van der Waals surface area (Å²) in [6.07, 6.45) is 3.36. The molecule has 5 nitrogen and oxygen atoms in total. The average molecular weight is 350 g/mol. The van der Waals surface area contributed by atoms with Gasteiger partial charge in [0.2, 0.25) is 11.8 Å².